The number of hydrogen-bond acceptors (Lipinski definition) is 4. The van der Waals surface area contributed by atoms with Gasteiger partial charge in [-0.1, -0.05) is 54.5 Å². The first kappa shape index (κ1) is 14.0. The molecule has 1 aliphatic carbocycles. The van der Waals surface area contributed by atoms with Crippen molar-refractivity contribution in [3.8, 4) is 0 Å². The topological polar surface area (TPSA) is 66.9 Å². The first-order chi connectivity index (χ1) is 10.3. The van der Waals surface area contributed by atoms with Crippen molar-refractivity contribution < 1.29 is 4.79 Å². The second-order valence-corrected chi connectivity index (χ2v) is 6.11. The van der Waals surface area contributed by atoms with Crippen molar-refractivity contribution in [2.75, 3.05) is 5.32 Å². The predicted molar refractivity (Wildman–Crippen MR) is 83.2 cm³/mol. The molecule has 6 heteroatoms. The number of urea groups is 1. The van der Waals surface area contributed by atoms with E-state index >= 15 is 0 Å². The Morgan fingerprint density at radius 2 is 2.00 bits per heavy atom. The molecule has 110 valence electrons. The summed E-state index contributed by atoms with van der Waals surface area (Å²) < 4.78 is 0. The fourth-order valence-corrected chi connectivity index (χ4v) is 3.37. The standard InChI is InChI=1S/C15H18N4OS/c20-14(18-15-19-16-10-21-15)17-13(12-8-4-5-9-12)11-6-2-1-3-7-11/h1-3,6-7,10,12-13H,4-5,8-9H2,(H2,17,18,19,20)/t13-/m0/s1. The predicted octanol–water partition coefficient (Wildman–Crippen LogP) is 3.59. The lowest BCUT2D eigenvalue weighted by Gasteiger charge is -2.25. The Labute approximate surface area is 127 Å². The monoisotopic (exact) mass is 302 g/mol. The van der Waals surface area contributed by atoms with Gasteiger partial charge in [0.1, 0.15) is 5.51 Å². The van der Waals surface area contributed by atoms with Gasteiger partial charge in [-0.3, -0.25) is 5.32 Å². The summed E-state index contributed by atoms with van der Waals surface area (Å²) in [4.78, 5) is 12.2. The highest BCUT2D eigenvalue weighted by Gasteiger charge is 2.27. The third-order valence-corrected chi connectivity index (χ3v) is 4.50. The molecule has 2 N–H and O–H groups in total. The molecular weight excluding hydrogens is 284 g/mol. The lowest BCUT2D eigenvalue weighted by Crippen LogP contribution is -2.35. The molecule has 0 saturated heterocycles. The van der Waals surface area contributed by atoms with Crippen molar-refractivity contribution in [2.45, 2.75) is 31.7 Å². The van der Waals surface area contributed by atoms with Crippen LogP contribution in [0.3, 0.4) is 0 Å². The largest absolute Gasteiger partial charge is 0.331 e. The van der Waals surface area contributed by atoms with Crippen LogP contribution in [0.15, 0.2) is 35.8 Å². The Morgan fingerprint density at radius 1 is 1.24 bits per heavy atom. The highest BCUT2D eigenvalue weighted by atomic mass is 32.1. The molecule has 1 aromatic carbocycles. The van der Waals surface area contributed by atoms with Gasteiger partial charge in [-0.2, -0.15) is 0 Å². The SMILES string of the molecule is O=C(Nc1nncs1)N[C@@H](c1ccccc1)C1CCCC1. The number of hydrogen-bond donors (Lipinski definition) is 2. The van der Waals surface area contributed by atoms with Gasteiger partial charge in [0.05, 0.1) is 6.04 Å². The second kappa shape index (κ2) is 6.67. The molecule has 0 unspecified atom stereocenters. The zero-order chi connectivity index (χ0) is 14.5. The van der Waals surface area contributed by atoms with Gasteiger partial charge in [0.25, 0.3) is 0 Å². The summed E-state index contributed by atoms with van der Waals surface area (Å²) in [5.41, 5.74) is 2.76. The van der Waals surface area contributed by atoms with Crippen molar-refractivity contribution in [1.82, 2.24) is 15.5 Å². The maximum atomic E-state index is 12.2. The Kier molecular flexibility index (Phi) is 4.45. The molecule has 1 atom stereocenters. The van der Waals surface area contributed by atoms with E-state index in [2.05, 4.69) is 33.0 Å². The molecule has 0 aliphatic heterocycles. The van der Waals surface area contributed by atoms with Crippen molar-refractivity contribution in [3.05, 3.63) is 41.4 Å². The quantitative estimate of drug-likeness (QED) is 0.907. The van der Waals surface area contributed by atoms with E-state index < -0.39 is 0 Å². The van der Waals surface area contributed by atoms with Crippen molar-refractivity contribution >= 4 is 22.5 Å². The molecule has 0 bridgehead atoms. The van der Waals surface area contributed by atoms with Gasteiger partial charge in [-0.05, 0) is 24.3 Å². The fraction of sp³-hybridized carbons (Fsp3) is 0.400. The number of amides is 2. The van der Waals surface area contributed by atoms with E-state index in [0.29, 0.717) is 11.0 Å². The molecule has 1 aliphatic rings. The van der Waals surface area contributed by atoms with Crippen molar-refractivity contribution in [2.24, 2.45) is 5.92 Å². The molecule has 5 nitrogen and oxygen atoms in total. The third kappa shape index (κ3) is 3.58. The number of carbonyl (C=O) groups excluding carboxylic acids is 1. The molecule has 2 amide bonds. The van der Waals surface area contributed by atoms with E-state index in [1.807, 2.05) is 18.2 Å². The van der Waals surface area contributed by atoms with Gasteiger partial charge >= 0.3 is 6.03 Å². The van der Waals surface area contributed by atoms with Crippen LogP contribution >= 0.6 is 11.3 Å². The van der Waals surface area contributed by atoms with Gasteiger partial charge in [0.2, 0.25) is 5.13 Å². The van der Waals surface area contributed by atoms with Gasteiger partial charge in [-0.25, -0.2) is 4.79 Å². The van der Waals surface area contributed by atoms with Crippen LogP contribution in [0.25, 0.3) is 0 Å². The summed E-state index contributed by atoms with van der Waals surface area (Å²) in [7, 11) is 0. The van der Waals surface area contributed by atoms with Gasteiger partial charge in [-0.15, -0.1) is 10.2 Å². The summed E-state index contributed by atoms with van der Waals surface area (Å²) in [6.45, 7) is 0. The normalized spacial score (nSPS) is 16.6. The lowest BCUT2D eigenvalue weighted by atomic mass is 9.92. The van der Waals surface area contributed by atoms with E-state index in [0.717, 1.165) is 5.56 Å². The number of benzene rings is 1. The van der Waals surface area contributed by atoms with Crippen LogP contribution in [0.1, 0.15) is 37.3 Å². The fourth-order valence-electron chi connectivity index (χ4n) is 2.93. The highest BCUT2D eigenvalue weighted by Crippen LogP contribution is 2.35. The summed E-state index contributed by atoms with van der Waals surface area (Å²) >= 11 is 1.31. The average molecular weight is 302 g/mol. The van der Waals surface area contributed by atoms with Crippen LogP contribution in [0, 0.1) is 5.92 Å². The van der Waals surface area contributed by atoms with Gasteiger partial charge in [0, 0.05) is 0 Å². The maximum Gasteiger partial charge on any atom is 0.321 e. The minimum Gasteiger partial charge on any atom is -0.331 e. The maximum absolute atomic E-state index is 12.2. The number of rotatable bonds is 4. The van der Waals surface area contributed by atoms with E-state index in [-0.39, 0.29) is 12.1 Å². The van der Waals surface area contributed by atoms with Crippen LogP contribution in [0.2, 0.25) is 0 Å². The molecule has 1 aromatic heterocycles. The van der Waals surface area contributed by atoms with E-state index in [4.69, 9.17) is 0 Å². The summed E-state index contributed by atoms with van der Waals surface area (Å²) in [5.74, 6) is 0.507. The molecule has 1 heterocycles. The first-order valence-electron chi connectivity index (χ1n) is 7.21. The Balaban J connectivity index is 1.71. The van der Waals surface area contributed by atoms with Crippen LogP contribution in [0.4, 0.5) is 9.93 Å². The minimum absolute atomic E-state index is 0.0571. The molecule has 3 rings (SSSR count). The number of carbonyl (C=O) groups is 1. The summed E-state index contributed by atoms with van der Waals surface area (Å²) in [6.07, 6.45) is 4.82. The average Bonchev–Trinajstić information content (AvgIpc) is 3.19. The Morgan fingerprint density at radius 3 is 2.67 bits per heavy atom. The number of aromatic nitrogens is 2. The molecular formula is C15H18N4OS. The van der Waals surface area contributed by atoms with Gasteiger partial charge in [0.15, 0.2) is 0 Å². The molecule has 1 saturated carbocycles. The van der Waals surface area contributed by atoms with Crippen molar-refractivity contribution in [3.63, 3.8) is 0 Å². The zero-order valence-corrected chi connectivity index (χ0v) is 12.5. The third-order valence-electron chi connectivity index (χ3n) is 3.90. The number of anilines is 1. The second-order valence-electron chi connectivity index (χ2n) is 5.28. The highest BCUT2D eigenvalue weighted by molar-refractivity contribution is 7.13. The van der Waals surface area contributed by atoms with Crippen LogP contribution in [-0.4, -0.2) is 16.2 Å². The zero-order valence-electron chi connectivity index (χ0n) is 11.7. The lowest BCUT2D eigenvalue weighted by molar-refractivity contribution is 0.242. The number of nitrogens with one attached hydrogen (secondary N) is 2. The van der Waals surface area contributed by atoms with Crippen LogP contribution in [0.5, 0.6) is 0 Å². The Hall–Kier alpha value is -1.95. The van der Waals surface area contributed by atoms with E-state index in [9.17, 15) is 4.79 Å². The minimum atomic E-state index is -0.215. The Bertz CT molecular complexity index is 567. The molecule has 1 fully saturated rings. The molecule has 2 aromatic rings. The molecule has 0 radical (unpaired) electrons. The van der Waals surface area contributed by atoms with E-state index in [1.54, 1.807) is 5.51 Å². The smallest absolute Gasteiger partial charge is 0.321 e. The van der Waals surface area contributed by atoms with Gasteiger partial charge < -0.3 is 5.32 Å². The van der Waals surface area contributed by atoms with E-state index in [1.165, 1.54) is 37.0 Å². The van der Waals surface area contributed by atoms with Crippen LogP contribution in [-0.2, 0) is 0 Å². The summed E-state index contributed by atoms with van der Waals surface area (Å²) in [6, 6.07) is 10.0. The first-order valence-corrected chi connectivity index (χ1v) is 8.09. The summed E-state index contributed by atoms with van der Waals surface area (Å²) in [5, 5.41) is 13.9. The molecule has 21 heavy (non-hydrogen) atoms. The number of nitrogens with zero attached hydrogens (tertiary/aromatic N) is 2. The molecule has 0 spiro atoms. The van der Waals surface area contributed by atoms with Crippen LogP contribution < -0.4 is 10.6 Å². The van der Waals surface area contributed by atoms with Crippen molar-refractivity contribution in [1.29, 1.82) is 0 Å².